The van der Waals surface area contributed by atoms with E-state index in [2.05, 4.69) is 46.3 Å². The zero-order chi connectivity index (χ0) is 13.0. The third kappa shape index (κ3) is 2.90. The average Bonchev–Trinajstić information content (AvgIpc) is 2.36. The molecule has 0 radical (unpaired) electrons. The molecule has 0 aromatic carbocycles. The normalized spacial score (nSPS) is 18.7. The highest BCUT2D eigenvalue weighted by molar-refractivity contribution is 5.50. The van der Waals surface area contributed by atoms with Crippen molar-refractivity contribution in [1.29, 1.82) is 0 Å². The first-order valence-electron chi connectivity index (χ1n) is 6.68. The van der Waals surface area contributed by atoms with Gasteiger partial charge in [-0.2, -0.15) is 0 Å². The first-order valence-corrected chi connectivity index (χ1v) is 6.68. The van der Waals surface area contributed by atoms with Crippen LogP contribution in [0.15, 0.2) is 12.4 Å². The van der Waals surface area contributed by atoms with Gasteiger partial charge in [0.1, 0.15) is 18.0 Å². The Morgan fingerprint density at radius 2 is 2.28 bits per heavy atom. The summed E-state index contributed by atoms with van der Waals surface area (Å²) >= 11 is 0. The third-order valence-electron chi connectivity index (χ3n) is 3.29. The molecule has 2 rings (SSSR count). The van der Waals surface area contributed by atoms with Gasteiger partial charge in [-0.15, -0.1) is 0 Å². The zero-order valence-electron chi connectivity index (χ0n) is 11.5. The van der Waals surface area contributed by atoms with Crippen molar-refractivity contribution in [3.63, 3.8) is 0 Å². The monoisotopic (exact) mass is 249 g/mol. The maximum absolute atomic E-state index is 4.41. The van der Waals surface area contributed by atoms with Gasteiger partial charge in [0, 0.05) is 37.8 Å². The predicted octanol–water partition coefficient (Wildman–Crippen LogP) is 1.49. The summed E-state index contributed by atoms with van der Waals surface area (Å²) in [5.74, 6) is 1.92. The molecule has 5 nitrogen and oxygen atoms in total. The molecule has 0 bridgehead atoms. The van der Waals surface area contributed by atoms with Crippen LogP contribution >= 0.6 is 0 Å². The molecule has 0 unspecified atom stereocenters. The van der Waals surface area contributed by atoms with Gasteiger partial charge in [0.15, 0.2) is 0 Å². The lowest BCUT2D eigenvalue weighted by Gasteiger charge is -2.43. The van der Waals surface area contributed by atoms with Crippen molar-refractivity contribution in [2.75, 3.05) is 36.4 Å². The lowest BCUT2D eigenvalue weighted by Crippen LogP contribution is -2.58. The minimum absolute atomic E-state index is 0.0919. The summed E-state index contributed by atoms with van der Waals surface area (Å²) in [5.41, 5.74) is 0.0919. The van der Waals surface area contributed by atoms with E-state index in [0.717, 1.165) is 44.2 Å². The van der Waals surface area contributed by atoms with Gasteiger partial charge in [-0.3, -0.25) is 0 Å². The molecule has 2 heterocycles. The summed E-state index contributed by atoms with van der Waals surface area (Å²) in [4.78, 5) is 11.0. The summed E-state index contributed by atoms with van der Waals surface area (Å²) in [6.45, 7) is 10.5. The molecule has 1 fully saturated rings. The predicted molar refractivity (Wildman–Crippen MR) is 75.1 cm³/mol. The number of rotatable bonds is 4. The molecule has 2 N–H and O–H groups in total. The van der Waals surface area contributed by atoms with Crippen molar-refractivity contribution in [3.05, 3.63) is 12.4 Å². The van der Waals surface area contributed by atoms with Crippen LogP contribution in [0, 0.1) is 0 Å². The molecule has 1 aromatic rings. The molecule has 0 spiro atoms. The first-order chi connectivity index (χ1) is 8.63. The van der Waals surface area contributed by atoms with Crippen molar-refractivity contribution in [3.8, 4) is 0 Å². The zero-order valence-corrected chi connectivity index (χ0v) is 11.5. The fourth-order valence-electron chi connectivity index (χ4n) is 2.25. The number of nitrogens with zero attached hydrogens (tertiary/aromatic N) is 3. The van der Waals surface area contributed by atoms with Crippen molar-refractivity contribution in [2.45, 2.75) is 32.7 Å². The Balaban J connectivity index is 2.16. The number of hydrogen-bond acceptors (Lipinski definition) is 5. The summed E-state index contributed by atoms with van der Waals surface area (Å²) in [5, 5.41) is 6.73. The van der Waals surface area contributed by atoms with Gasteiger partial charge in [0.25, 0.3) is 0 Å². The van der Waals surface area contributed by atoms with Gasteiger partial charge in [-0.25, -0.2) is 9.97 Å². The standard InChI is InChI=1S/C13H23N5/c1-4-5-15-11-8-12(17-10-16-11)18-7-6-14-9-13(18,2)3/h8,10,14H,4-7,9H2,1-3H3,(H,15,16,17). The van der Waals surface area contributed by atoms with Crippen LogP contribution in [-0.4, -0.2) is 41.7 Å². The van der Waals surface area contributed by atoms with Crippen LogP contribution < -0.4 is 15.5 Å². The van der Waals surface area contributed by atoms with Crippen LogP contribution in [0.2, 0.25) is 0 Å². The molecule has 0 saturated carbocycles. The van der Waals surface area contributed by atoms with Crippen LogP contribution in [0.25, 0.3) is 0 Å². The quantitative estimate of drug-likeness (QED) is 0.846. The molecule has 0 amide bonds. The summed E-state index contributed by atoms with van der Waals surface area (Å²) < 4.78 is 0. The maximum atomic E-state index is 4.41. The van der Waals surface area contributed by atoms with Crippen molar-refractivity contribution in [2.24, 2.45) is 0 Å². The van der Waals surface area contributed by atoms with Gasteiger partial charge < -0.3 is 15.5 Å². The Labute approximate surface area is 109 Å². The smallest absolute Gasteiger partial charge is 0.134 e. The minimum atomic E-state index is 0.0919. The molecule has 1 aliphatic heterocycles. The first kappa shape index (κ1) is 13.1. The molecule has 18 heavy (non-hydrogen) atoms. The van der Waals surface area contributed by atoms with Crippen LogP contribution in [0.1, 0.15) is 27.2 Å². The fraction of sp³-hybridized carbons (Fsp3) is 0.692. The second-order valence-electron chi connectivity index (χ2n) is 5.33. The molecular formula is C13H23N5. The molecule has 5 heteroatoms. The van der Waals surface area contributed by atoms with E-state index in [1.54, 1.807) is 6.33 Å². The highest BCUT2D eigenvalue weighted by Gasteiger charge is 2.30. The molecule has 1 saturated heterocycles. The van der Waals surface area contributed by atoms with Crippen molar-refractivity contribution in [1.82, 2.24) is 15.3 Å². The third-order valence-corrected chi connectivity index (χ3v) is 3.29. The van der Waals surface area contributed by atoms with Gasteiger partial charge >= 0.3 is 0 Å². The Morgan fingerprint density at radius 1 is 1.44 bits per heavy atom. The van der Waals surface area contributed by atoms with Gasteiger partial charge in [0.2, 0.25) is 0 Å². The maximum Gasteiger partial charge on any atom is 0.134 e. The van der Waals surface area contributed by atoms with E-state index in [-0.39, 0.29) is 5.54 Å². The largest absolute Gasteiger partial charge is 0.370 e. The molecule has 0 aliphatic carbocycles. The van der Waals surface area contributed by atoms with Crippen LogP contribution in [0.4, 0.5) is 11.6 Å². The average molecular weight is 249 g/mol. The van der Waals surface area contributed by atoms with E-state index in [4.69, 9.17) is 0 Å². The number of aromatic nitrogens is 2. The van der Waals surface area contributed by atoms with Gasteiger partial charge in [0.05, 0.1) is 0 Å². The lowest BCUT2D eigenvalue weighted by molar-refractivity contribution is 0.378. The van der Waals surface area contributed by atoms with Gasteiger partial charge in [-0.1, -0.05) is 6.92 Å². The summed E-state index contributed by atoms with van der Waals surface area (Å²) in [6, 6.07) is 2.04. The highest BCUT2D eigenvalue weighted by atomic mass is 15.3. The number of piperazine rings is 1. The van der Waals surface area contributed by atoms with Crippen LogP contribution in [0.5, 0.6) is 0 Å². The highest BCUT2D eigenvalue weighted by Crippen LogP contribution is 2.24. The second-order valence-corrected chi connectivity index (χ2v) is 5.33. The van der Waals surface area contributed by atoms with E-state index in [1.807, 2.05) is 6.07 Å². The van der Waals surface area contributed by atoms with E-state index in [9.17, 15) is 0 Å². The van der Waals surface area contributed by atoms with Crippen molar-refractivity contribution < 1.29 is 0 Å². The van der Waals surface area contributed by atoms with Crippen LogP contribution in [0.3, 0.4) is 0 Å². The van der Waals surface area contributed by atoms with E-state index in [0.29, 0.717) is 0 Å². The number of nitrogens with one attached hydrogen (secondary N) is 2. The SMILES string of the molecule is CCCNc1cc(N2CCNCC2(C)C)ncn1. The van der Waals surface area contributed by atoms with E-state index in [1.165, 1.54) is 0 Å². The molecule has 1 aromatic heterocycles. The second kappa shape index (κ2) is 5.52. The summed E-state index contributed by atoms with van der Waals surface area (Å²) in [6.07, 6.45) is 2.74. The Hall–Kier alpha value is -1.36. The summed E-state index contributed by atoms with van der Waals surface area (Å²) in [7, 11) is 0. The molecule has 1 aliphatic rings. The minimum Gasteiger partial charge on any atom is -0.370 e. The van der Waals surface area contributed by atoms with E-state index < -0.39 is 0 Å². The topological polar surface area (TPSA) is 53.1 Å². The number of hydrogen-bond donors (Lipinski definition) is 2. The Morgan fingerprint density at radius 3 is 3.00 bits per heavy atom. The fourth-order valence-corrected chi connectivity index (χ4v) is 2.25. The molecule has 100 valence electrons. The lowest BCUT2D eigenvalue weighted by atomic mass is 10.0. The van der Waals surface area contributed by atoms with Crippen molar-refractivity contribution >= 4 is 11.6 Å². The Kier molecular flexibility index (Phi) is 4.01. The number of anilines is 2. The van der Waals surface area contributed by atoms with Gasteiger partial charge in [-0.05, 0) is 20.3 Å². The van der Waals surface area contributed by atoms with E-state index >= 15 is 0 Å². The van der Waals surface area contributed by atoms with Crippen LogP contribution in [-0.2, 0) is 0 Å². The Bertz CT molecular complexity index is 391. The molecule has 0 atom stereocenters. The molecular weight excluding hydrogens is 226 g/mol.